The van der Waals surface area contributed by atoms with Gasteiger partial charge in [0.1, 0.15) is 11.4 Å². The Morgan fingerprint density at radius 1 is 0.417 bits per heavy atom. The molecule has 4 fully saturated rings. The molecule has 36 heavy (non-hydrogen) atoms. The SMILES string of the molecule is c1ccc(OC23CC4(c5ccccc5)CC5(c6ccccc6)CC(c6ccccc6)(C2)C5(C3)C4)cc1. The number of benzene rings is 4. The quantitative estimate of drug-likeness (QED) is 0.288. The summed E-state index contributed by atoms with van der Waals surface area (Å²) in [5.41, 5.74) is 5.12. The molecule has 4 aliphatic rings. The normalized spacial score (nSPS) is 37.3. The molecule has 0 heterocycles. The van der Waals surface area contributed by atoms with Gasteiger partial charge in [0.25, 0.3) is 0 Å². The fourth-order valence-electron chi connectivity index (χ4n) is 10.1. The van der Waals surface area contributed by atoms with Crippen molar-refractivity contribution in [2.24, 2.45) is 5.41 Å². The van der Waals surface area contributed by atoms with E-state index in [-0.39, 0.29) is 27.3 Å². The van der Waals surface area contributed by atoms with Crippen LogP contribution in [0.4, 0.5) is 0 Å². The third-order valence-electron chi connectivity index (χ3n) is 10.7. The van der Waals surface area contributed by atoms with Gasteiger partial charge in [-0.3, -0.25) is 0 Å². The van der Waals surface area contributed by atoms with Crippen LogP contribution < -0.4 is 4.74 Å². The Balaban J connectivity index is 1.38. The van der Waals surface area contributed by atoms with Crippen LogP contribution in [0.5, 0.6) is 5.75 Å². The van der Waals surface area contributed by atoms with Crippen molar-refractivity contribution in [2.75, 3.05) is 0 Å². The van der Waals surface area contributed by atoms with E-state index in [4.69, 9.17) is 4.74 Å². The summed E-state index contributed by atoms with van der Waals surface area (Å²) in [6.07, 6.45) is 7.07. The van der Waals surface area contributed by atoms with E-state index in [0.29, 0.717) is 0 Å². The van der Waals surface area contributed by atoms with E-state index < -0.39 is 0 Å². The molecule has 8 rings (SSSR count). The largest absolute Gasteiger partial charge is 0.487 e. The van der Waals surface area contributed by atoms with Crippen LogP contribution in [0.1, 0.15) is 55.2 Å². The van der Waals surface area contributed by atoms with Gasteiger partial charge in [0.15, 0.2) is 0 Å². The highest BCUT2D eigenvalue weighted by molar-refractivity contribution is 5.56. The lowest BCUT2D eigenvalue weighted by Crippen LogP contribution is -2.65. The average molecular weight is 469 g/mol. The van der Waals surface area contributed by atoms with Gasteiger partial charge in [-0.1, -0.05) is 109 Å². The highest BCUT2D eigenvalue weighted by Crippen LogP contribution is 2.89. The van der Waals surface area contributed by atoms with E-state index in [1.54, 1.807) is 5.56 Å². The highest BCUT2D eigenvalue weighted by atomic mass is 16.5. The predicted molar refractivity (Wildman–Crippen MR) is 144 cm³/mol. The van der Waals surface area contributed by atoms with Crippen molar-refractivity contribution < 1.29 is 4.74 Å². The van der Waals surface area contributed by atoms with Gasteiger partial charge in [0.05, 0.1) is 0 Å². The van der Waals surface area contributed by atoms with Crippen LogP contribution in [0, 0.1) is 5.41 Å². The maximum atomic E-state index is 7.18. The molecular formula is C35H32O. The van der Waals surface area contributed by atoms with Gasteiger partial charge < -0.3 is 4.74 Å². The molecule has 4 aliphatic carbocycles. The third-order valence-corrected chi connectivity index (χ3v) is 10.7. The van der Waals surface area contributed by atoms with Crippen molar-refractivity contribution in [3.05, 3.63) is 138 Å². The second-order valence-electron chi connectivity index (χ2n) is 12.3. The minimum Gasteiger partial charge on any atom is -0.487 e. The van der Waals surface area contributed by atoms with Crippen LogP contribution in [0.15, 0.2) is 121 Å². The van der Waals surface area contributed by atoms with Crippen LogP contribution in [0.3, 0.4) is 0 Å². The molecule has 5 unspecified atom stereocenters. The number of ether oxygens (including phenoxy) is 1. The van der Waals surface area contributed by atoms with Gasteiger partial charge in [-0.25, -0.2) is 0 Å². The molecule has 1 nitrogen and oxygen atoms in total. The summed E-state index contributed by atoms with van der Waals surface area (Å²) in [4.78, 5) is 0. The number of rotatable bonds is 5. The zero-order chi connectivity index (χ0) is 23.9. The van der Waals surface area contributed by atoms with Crippen molar-refractivity contribution in [1.29, 1.82) is 0 Å². The second kappa shape index (κ2) is 6.91. The fraction of sp³-hybridized carbons (Fsp3) is 0.314. The Kier molecular flexibility index (Phi) is 4.00. The average Bonchev–Trinajstić information content (AvgIpc) is 3.22. The molecule has 0 radical (unpaired) electrons. The Bertz CT molecular complexity index is 1410. The summed E-state index contributed by atoms with van der Waals surface area (Å²) < 4.78 is 7.18. The number of hydrogen-bond donors (Lipinski definition) is 0. The zero-order valence-electron chi connectivity index (χ0n) is 20.7. The first-order valence-corrected chi connectivity index (χ1v) is 13.5. The van der Waals surface area contributed by atoms with Crippen molar-refractivity contribution in [1.82, 2.24) is 0 Å². The van der Waals surface area contributed by atoms with Crippen LogP contribution in [0.25, 0.3) is 0 Å². The monoisotopic (exact) mass is 468 g/mol. The summed E-state index contributed by atoms with van der Waals surface area (Å²) in [5, 5.41) is 0. The lowest BCUT2D eigenvalue weighted by atomic mass is 9.36. The fourth-order valence-corrected chi connectivity index (χ4v) is 10.1. The van der Waals surface area contributed by atoms with Gasteiger partial charge in [-0.2, -0.15) is 0 Å². The first-order chi connectivity index (χ1) is 17.6. The van der Waals surface area contributed by atoms with E-state index in [2.05, 4.69) is 121 Å². The van der Waals surface area contributed by atoms with Crippen molar-refractivity contribution in [3.8, 4) is 5.75 Å². The lowest BCUT2D eigenvalue weighted by molar-refractivity contribution is -0.0721. The van der Waals surface area contributed by atoms with Crippen molar-refractivity contribution >= 4 is 0 Å². The molecule has 4 aromatic rings. The first kappa shape index (κ1) is 20.8. The molecule has 0 saturated heterocycles. The Labute approximate surface area is 214 Å². The van der Waals surface area contributed by atoms with Crippen molar-refractivity contribution in [3.63, 3.8) is 0 Å². The number of fused-ring (bicyclic) bond motifs is 2. The Morgan fingerprint density at radius 3 is 1.50 bits per heavy atom. The van der Waals surface area contributed by atoms with Crippen molar-refractivity contribution in [2.45, 2.75) is 60.4 Å². The first-order valence-electron chi connectivity index (χ1n) is 13.5. The molecule has 5 atom stereocenters. The molecule has 4 aromatic carbocycles. The molecule has 3 bridgehead atoms. The van der Waals surface area contributed by atoms with Crippen LogP contribution in [0.2, 0.25) is 0 Å². The molecule has 0 amide bonds. The molecule has 1 heteroatoms. The maximum absolute atomic E-state index is 7.18. The molecule has 1 spiro atoms. The molecule has 0 aliphatic heterocycles. The van der Waals surface area contributed by atoms with Gasteiger partial charge in [-0.05, 0) is 72.8 Å². The van der Waals surface area contributed by atoms with Gasteiger partial charge in [-0.15, -0.1) is 0 Å². The van der Waals surface area contributed by atoms with Crippen LogP contribution in [-0.4, -0.2) is 5.60 Å². The third kappa shape index (κ3) is 2.42. The van der Waals surface area contributed by atoms with E-state index in [1.807, 2.05) is 0 Å². The highest BCUT2D eigenvalue weighted by Gasteiger charge is 2.87. The van der Waals surface area contributed by atoms with E-state index in [0.717, 1.165) is 25.0 Å². The molecular weight excluding hydrogens is 436 g/mol. The lowest BCUT2D eigenvalue weighted by Gasteiger charge is -2.67. The smallest absolute Gasteiger partial charge is 0.120 e. The zero-order valence-corrected chi connectivity index (χ0v) is 20.7. The maximum Gasteiger partial charge on any atom is 0.120 e. The summed E-state index contributed by atoms with van der Waals surface area (Å²) in [6, 6.07) is 45.0. The molecule has 0 aromatic heterocycles. The van der Waals surface area contributed by atoms with Crippen LogP contribution in [-0.2, 0) is 16.2 Å². The van der Waals surface area contributed by atoms with E-state index in [1.165, 1.54) is 30.4 Å². The Hall–Kier alpha value is -3.32. The second-order valence-corrected chi connectivity index (χ2v) is 12.3. The van der Waals surface area contributed by atoms with Gasteiger partial charge in [0, 0.05) is 16.2 Å². The minimum atomic E-state index is -0.154. The number of para-hydroxylation sites is 1. The summed E-state index contributed by atoms with van der Waals surface area (Å²) in [5.74, 6) is 1.02. The van der Waals surface area contributed by atoms with Gasteiger partial charge in [0.2, 0.25) is 0 Å². The summed E-state index contributed by atoms with van der Waals surface area (Å²) in [7, 11) is 0. The number of hydrogen-bond acceptors (Lipinski definition) is 1. The minimum absolute atomic E-state index is 0.136. The molecule has 178 valence electrons. The standard InChI is InChI=1S/C35H32O/c1-5-13-27(14-6-1)31-21-32(36-30-19-11-4-12-20-30)24-34(29-17-9-3-10-18-29)26-33(22-31,35(34,23-31)25-32)28-15-7-2-8-16-28/h1-20H,21-26H2. The predicted octanol–water partition coefficient (Wildman–Crippen LogP) is 8.00. The Morgan fingerprint density at radius 2 is 0.917 bits per heavy atom. The van der Waals surface area contributed by atoms with E-state index >= 15 is 0 Å². The van der Waals surface area contributed by atoms with Gasteiger partial charge >= 0.3 is 0 Å². The van der Waals surface area contributed by atoms with Crippen LogP contribution >= 0.6 is 0 Å². The topological polar surface area (TPSA) is 9.23 Å². The van der Waals surface area contributed by atoms with E-state index in [9.17, 15) is 0 Å². The molecule has 4 saturated carbocycles. The summed E-state index contributed by atoms with van der Waals surface area (Å²) in [6.45, 7) is 0. The summed E-state index contributed by atoms with van der Waals surface area (Å²) >= 11 is 0. The molecule has 0 N–H and O–H groups in total.